The number of nitrogens with zero attached hydrogens (tertiary/aromatic N) is 6. The molecule has 12 nitrogen and oxygen atoms in total. The number of amides is 1. The lowest BCUT2D eigenvalue weighted by atomic mass is 9.82. The number of pyridine rings is 1. The van der Waals surface area contributed by atoms with Gasteiger partial charge in [-0.1, -0.05) is 56.7 Å². The van der Waals surface area contributed by atoms with Crippen molar-refractivity contribution in [2.45, 2.75) is 102 Å². The highest BCUT2D eigenvalue weighted by Gasteiger charge is 2.29. The number of tetrazole rings is 1. The van der Waals surface area contributed by atoms with Gasteiger partial charge in [0, 0.05) is 31.1 Å². The summed E-state index contributed by atoms with van der Waals surface area (Å²) in [6.45, 7) is 0.667. The molecule has 0 spiro atoms. The van der Waals surface area contributed by atoms with Gasteiger partial charge in [-0.25, -0.2) is 10.1 Å². The van der Waals surface area contributed by atoms with Crippen LogP contribution in [0.2, 0.25) is 0 Å². The normalized spacial score (nSPS) is 17.0. The van der Waals surface area contributed by atoms with E-state index in [2.05, 4.69) is 30.9 Å². The highest BCUT2D eigenvalue weighted by molar-refractivity contribution is 5.76. The number of aromatic amines is 1. The Labute approximate surface area is 245 Å². The van der Waals surface area contributed by atoms with Crippen LogP contribution in [0.15, 0.2) is 42.6 Å². The first-order valence-electron chi connectivity index (χ1n) is 15.2. The lowest BCUT2D eigenvalue weighted by Gasteiger charge is -2.35. The Hall–Kier alpha value is -3.93. The number of nitrogens with one attached hydrogen (secondary N) is 2. The molecule has 1 atom stereocenters. The molecule has 1 aromatic carbocycles. The first kappa shape index (κ1) is 29.6. The summed E-state index contributed by atoms with van der Waals surface area (Å²) >= 11 is 0. The average molecular weight is 577 g/mol. The van der Waals surface area contributed by atoms with Crippen LogP contribution in [0.3, 0.4) is 0 Å². The van der Waals surface area contributed by atoms with Gasteiger partial charge in [0.15, 0.2) is 5.82 Å². The molecular formula is C30H40N8O4. The maximum atomic E-state index is 13.7. The highest BCUT2D eigenvalue weighted by atomic mass is 16.6. The number of rotatable bonds is 13. The highest BCUT2D eigenvalue weighted by Crippen LogP contribution is 2.31. The molecule has 3 aromatic rings. The molecular weight excluding hydrogens is 536 g/mol. The maximum Gasteiger partial charge on any atom is 0.292 e. The molecule has 0 unspecified atom stereocenters. The molecule has 2 N–H and O–H groups in total. The Morgan fingerprint density at radius 3 is 2.52 bits per heavy atom. The number of carbonyl (C=O) groups excluding carboxylic acids is 1. The van der Waals surface area contributed by atoms with Gasteiger partial charge in [-0.3, -0.25) is 14.9 Å². The second-order valence-electron chi connectivity index (χ2n) is 11.4. The Balaban J connectivity index is 1.28. The summed E-state index contributed by atoms with van der Waals surface area (Å²) < 4.78 is 5.85. The van der Waals surface area contributed by atoms with Gasteiger partial charge in [0.25, 0.3) is 5.69 Å². The van der Waals surface area contributed by atoms with Crippen LogP contribution in [0.5, 0.6) is 11.6 Å². The quantitative estimate of drug-likeness (QED) is 0.199. The molecule has 2 aliphatic rings. The fourth-order valence-electron chi connectivity index (χ4n) is 6.36. The maximum absolute atomic E-state index is 13.7. The third-order valence-corrected chi connectivity index (χ3v) is 8.59. The van der Waals surface area contributed by atoms with Crippen LogP contribution in [0, 0.1) is 16.0 Å². The molecule has 2 saturated carbocycles. The SMILES string of the molecule is O=C(CC[C@H](NCc1cc(Oc2ccccc2)ncc1[N+](=O)[O-])C1CCCCC1)N(Cc1nnn[nH]1)C1CCCCC1. The van der Waals surface area contributed by atoms with Crippen molar-refractivity contribution in [3.8, 4) is 11.6 Å². The van der Waals surface area contributed by atoms with Crippen LogP contribution >= 0.6 is 0 Å². The predicted molar refractivity (Wildman–Crippen MR) is 155 cm³/mol. The van der Waals surface area contributed by atoms with Crippen LogP contribution in [0.25, 0.3) is 0 Å². The summed E-state index contributed by atoms with van der Waals surface area (Å²) in [5.41, 5.74) is 0.459. The molecule has 2 fully saturated rings. The van der Waals surface area contributed by atoms with Gasteiger partial charge in [-0.05, 0) is 60.6 Å². The summed E-state index contributed by atoms with van der Waals surface area (Å²) in [5.74, 6) is 2.02. The number of H-pyrrole nitrogens is 1. The van der Waals surface area contributed by atoms with Crippen molar-refractivity contribution in [2.75, 3.05) is 0 Å². The number of ether oxygens (including phenoxy) is 1. The minimum atomic E-state index is -0.407. The average Bonchev–Trinajstić information content (AvgIpc) is 3.54. The van der Waals surface area contributed by atoms with Gasteiger partial charge < -0.3 is 15.0 Å². The van der Waals surface area contributed by atoms with Crippen molar-refractivity contribution < 1.29 is 14.5 Å². The molecule has 0 radical (unpaired) electrons. The van der Waals surface area contributed by atoms with Gasteiger partial charge in [0.05, 0.1) is 17.0 Å². The number of carbonyl (C=O) groups is 1. The zero-order valence-electron chi connectivity index (χ0n) is 24.0. The minimum absolute atomic E-state index is 0.0504. The van der Waals surface area contributed by atoms with Crippen molar-refractivity contribution in [3.63, 3.8) is 0 Å². The minimum Gasteiger partial charge on any atom is -0.439 e. The van der Waals surface area contributed by atoms with Crippen LogP contribution in [-0.2, 0) is 17.9 Å². The third-order valence-electron chi connectivity index (χ3n) is 8.59. The van der Waals surface area contributed by atoms with E-state index in [0.717, 1.165) is 51.4 Å². The van der Waals surface area contributed by atoms with Crippen LogP contribution < -0.4 is 10.1 Å². The topological polar surface area (TPSA) is 152 Å². The standard InChI is InChI=1S/C30H40N8O4/c39-30(37(21-28-33-35-36-34-28)24-12-6-2-7-13-24)17-16-26(22-10-4-1-5-11-22)31-19-23-18-29(32-20-27(23)38(40)41)42-25-14-8-3-9-15-25/h3,8-9,14-15,18,20,22,24,26,31H,1-2,4-7,10-13,16-17,19,21H2,(H,33,34,35,36)/t26-/m0/s1. The predicted octanol–water partition coefficient (Wildman–Crippen LogP) is 5.48. The number of nitro groups is 1. The van der Waals surface area contributed by atoms with E-state index in [0.29, 0.717) is 48.3 Å². The summed E-state index contributed by atoms with van der Waals surface area (Å²) in [6, 6.07) is 11.1. The second kappa shape index (κ2) is 14.8. The number of benzene rings is 1. The van der Waals surface area contributed by atoms with Gasteiger partial charge in [-0.15, -0.1) is 5.10 Å². The van der Waals surface area contributed by atoms with E-state index in [1.807, 2.05) is 35.2 Å². The van der Waals surface area contributed by atoms with Gasteiger partial charge >= 0.3 is 0 Å². The third kappa shape index (κ3) is 8.09. The van der Waals surface area contributed by atoms with Crippen molar-refractivity contribution in [1.29, 1.82) is 0 Å². The molecule has 12 heteroatoms. The number of hydrogen-bond acceptors (Lipinski definition) is 9. The van der Waals surface area contributed by atoms with Gasteiger partial charge in [0.2, 0.25) is 11.8 Å². The Bertz CT molecular complexity index is 1280. The van der Waals surface area contributed by atoms with E-state index in [1.165, 1.54) is 19.0 Å². The summed E-state index contributed by atoms with van der Waals surface area (Å²) in [6.07, 6.45) is 13.5. The van der Waals surface area contributed by atoms with Gasteiger partial charge in [0.1, 0.15) is 11.9 Å². The first-order chi connectivity index (χ1) is 20.6. The number of aromatic nitrogens is 5. The molecule has 2 aliphatic carbocycles. The monoisotopic (exact) mass is 576 g/mol. The van der Waals surface area contributed by atoms with E-state index in [4.69, 9.17) is 4.74 Å². The lowest BCUT2D eigenvalue weighted by molar-refractivity contribution is -0.386. The van der Waals surface area contributed by atoms with Crippen molar-refractivity contribution in [3.05, 3.63) is 64.1 Å². The smallest absolute Gasteiger partial charge is 0.292 e. The van der Waals surface area contributed by atoms with Gasteiger partial charge in [-0.2, -0.15) is 0 Å². The molecule has 0 bridgehead atoms. The van der Waals surface area contributed by atoms with Crippen LogP contribution in [-0.4, -0.2) is 53.4 Å². The van der Waals surface area contributed by atoms with Crippen molar-refractivity contribution in [1.82, 2.24) is 35.8 Å². The summed E-state index contributed by atoms with van der Waals surface area (Å²) in [4.78, 5) is 31.3. The van der Waals surface area contributed by atoms with Crippen molar-refractivity contribution >= 4 is 11.6 Å². The molecule has 5 rings (SSSR count). The second-order valence-corrected chi connectivity index (χ2v) is 11.4. The lowest BCUT2D eigenvalue weighted by Crippen LogP contribution is -2.43. The molecule has 0 aliphatic heterocycles. The summed E-state index contributed by atoms with van der Waals surface area (Å²) in [5, 5.41) is 29.7. The Kier molecular flexibility index (Phi) is 10.4. The van der Waals surface area contributed by atoms with E-state index >= 15 is 0 Å². The molecule has 0 saturated heterocycles. The van der Waals surface area contributed by atoms with E-state index < -0.39 is 4.92 Å². The zero-order valence-corrected chi connectivity index (χ0v) is 24.0. The fourth-order valence-corrected chi connectivity index (χ4v) is 6.36. The first-order valence-corrected chi connectivity index (χ1v) is 15.2. The fraction of sp³-hybridized carbons (Fsp3) is 0.567. The van der Waals surface area contributed by atoms with Crippen molar-refractivity contribution in [2.24, 2.45) is 5.92 Å². The van der Waals surface area contributed by atoms with E-state index in [9.17, 15) is 14.9 Å². The van der Waals surface area contributed by atoms with E-state index in [1.54, 1.807) is 6.07 Å². The Morgan fingerprint density at radius 2 is 1.83 bits per heavy atom. The molecule has 1 amide bonds. The largest absolute Gasteiger partial charge is 0.439 e. The zero-order chi connectivity index (χ0) is 29.1. The summed E-state index contributed by atoms with van der Waals surface area (Å²) in [7, 11) is 0. The van der Waals surface area contributed by atoms with Crippen LogP contribution in [0.4, 0.5) is 5.69 Å². The Morgan fingerprint density at radius 1 is 1.10 bits per heavy atom. The molecule has 2 heterocycles. The van der Waals surface area contributed by atoms with E-state index in [-0.39, 0.29) is 30.2 Å². The molecule has 2 aromatic heterocycles. The number of hydrogen-bond donors (Lipinski definition) is 2. The molecule has 42 heavy (non-hydrogen) atoms. The van der Waals surface area contributed by atoms with Crippen LogP contribution in [0.1, 0.15) is 88.4 Å². The number of para-hydroxylation sites is 1. The molecule has 224 valence electrons.